The van der Waals surface area contributed by atoms with E-state index in [-0.39, 0.29) is 12.3 Å². The zero-order chi connectivity index (χ0) is 14.8. The average molecular weight is 288 g/mol. The predicted octanol–water partition coefficient (Wildman–Crippen LogP) is 2.19. The molecule has 3 rings (SSSR count). The Morgan fingerprint density at radius 1 is 1.24 bits per heavy atom. The van der Waals surface area contributed by atoms with Crippen molar-refractivity contribution in [3.63, 3.8) is 0 Å². The zero-order valence-corrected chi connectivity index (χ0v) is 11.0. The molecule has 0 saturated heterocycles. The summed E-state index contributed by atoms with van der Waals surface area (Å²) in [6.45, 7) is 0.0975. The van der Waals surface area contributed by atoms with E-state index >= 15 is 0 Å². The normalized spacial score (nSPS) is 16.3. The average Bonchev–Trinajstić information content (AvgIpc) is 2.50. The minimum Gasteiger partial charge on any atom is -0.485 e. The zero-order valence-electron chi connectivity index (χ0n) is 11.0. The number of carbonyl (C=O) groups excluding carboxylic acids is 1. The van der Waals surface area contributed by atoms with Crippen molar-refractivity contribution < 1.29 is 18.7 Å². The predicted molar refractivity (Wildman–Crippen MR) is 75.8 cm³/mol. The van der Waals surface area contributed by atoms with Crippen LogP contribution in [0.3, 0.4) is 0 Å². The molecule has 21 heavy (non-hydrogen) atoms. The van der Waals surface area contributed by atoms with Crippen LogP contribution in [0.15, 0.2) is 42.5 Å². The van der Waals surface area contributed by atoms with Crippen LogP contribution in [0.5, 0.6) is 11.5 Å². The molecule has 0 bridgehead atoms. The number of nitrogen functional groups attached to an aromatic ring is 1. The second-order valence-electron chi connectivity index (χ2n) is 4.59. The third kappa shape index (κ3) is 2.74. The van der Waals surface area contributed by atoms with Crippen molar-refractivity contribution in [1.29, 1.82) is 0 Å². The Morgan fingerprint density at radius 3 is 2.76 bits per heavy atom. The monoisotopic (exact) mass is 288 g/mol. The smallest absolute Gasteiger partial charge is 0.269 e. The molecular formula is C15H13FN2O3. The van der Waals surface area contributed by atoms with Crippen LogP contribution in [0.2, 0.25) is 0 Å². The minimum atomic E-state index is -0.791. The Hall–Kier alpha value is -2.76. The van der Waals surface area contributed by atoms with Gasteiger partial charge in [-0.1, -0.05) is 12.1 Å². The van der Waals surface area contributed by atoms with E-state index in [2.05, 4.69) is 5.32 Å². The van der Waals surface area contributed by atoms with E-state index in [9.17, 15) is 9.18 Å². The van der Waals surface area contributed by atoms with Gasteiger partial charge in [-0.2, -0.15) is 0 Å². The molecule has 108 valence electrons. The fourth-order valence-electron chi connectivity index (χ4n) is 1.98. The first-order valence-electron chi connectivity index (χ1n) is 6.38. The van der Waals surface area contributed by atoms with Gasteiger partial charge in [-0.3, -0.25) is 4.79 Å². The summed E-state index contributed by atoms with van der Waals surface area (Å²) in [6.07, 6.45) is -0.791. The Morgan fingerprint density at radius 2 is 2.00 bits per heavy atom. The molecule has 0 spiro atoms. The maximum Gasteiger partial charge on any atom is 0.269 e. The quantitative estimate of drug-likeness (QED) is 0.831. The van der Waals surface area contributed by atoms with Crippen LogP contribution in [-0.2, 0) is 4.79 Å². The highest BCUT2D eigenvalue weighted by molar-refractivity contribution is 5.94. The van der Waals surface area contributed by atoms with Gasteiger partial charge >= 0.3 is 0 Å². The molecule has 0 aromatic heterocycles. The number of para-hydroxylation sites is 2. The van der Waals surface area contributed by atoms with Gasteiger partial charge in [-0.15, -0.1) is 0 Å². The summed E-state index contributed by atoms with van der Waals surface area (Å²) in [6, 6.07) is 11.2. The van der Waals surface area contributed by atoms with Crippen LogP contribution in [-0.4, -0.2) is 18.6 Å². The number of amides is 1. The van der Waals surface area contributed by atoms with Crippen LogP contribution >= 0.6 is 0 Å². The molecule has 0 saturated carbocycles. The number of halogens is 1. The summed E-state index contributed by atoms with van der Waals surface area (Å²) in [5.41, 5.74) is 5.72. The SMILES string of the molecule is Nc1ccc(NC(=O)C2COc3ccccc3O2)cc1F. The van der Waals surface area contributed by atoms with E-state index in [0.29, 0.717) is 17.2 Å². The fourth-order valence-corrected chi connectivity index (χ4v) is 1.98. The Balaban J connectivity index is 1.70. The molecule has 1 aliphatic rings. The van der Waals surface area contributed by atoms with Gasteiger partial charge in [-0.25, -0.2) is 4.39 Å². The maximum atomic E-state index is 13.3. The lowest BCUT2D eigenvalue weighted by molar-refractivity contribution is -0.125. The number of carbonyl (C=O) groups is 1. The van der Waals surface area contributed by atoms with E-state index in [1.165, 1.54) is 12.1 Å². The maximum absolute atomic E-state index is 13.3. The lowest BCUT2D eigenvalue weighted by Gasteiger charge is -2.25. The number of benzene rings is 2. The summed E-state index contributed by atoms with van der Waals surface area (Å²) in [5, 5.41) is 2.57. The van der Waals surface area contributed by atoms with Crippen LogP contribution in [0.25, 0.3) is 0 Å². The largest absolute Gasteiger partial charge is 0.485 e. The highest BCUT2D eigenvalue weighted by Gasteiger charge is 2.27. The van der Waals surface area contributed by atoms with Crippen molar-refractivity contribution in [3.8, 4) is 11.5 Å². The molecule has 1 aliphatic heterocycles. The topological polar surface area (TPSA) is 73.6 Å². The number of nitrogens with two attached hydrogens (primary N) is 1. The van der Waals surface area contributed by atoms with Crippen LogP contribution in [0, 0.1) is 5.82 Å². The van der Waals surface area contributed by atoms with Gasteiger partial charge in [0.2, 0.25) is 6.10 Å². The van der Waals surface area contributed by atoms with Gasteiger partial charge in [0.05, 0.1) is 5.69 Å². The highest BCUT2D eigenvalue weighted by atomic mass is 19.1. The van der Waals surface area contributed by atoms with Crippen molar-refractivity contribution >= 4 is 17.3 Å². The van der Waals surface area contributed by atoms with Crippen molar-refractivity contribution in [3.05, 3.63) is 48.3 Å². The molecule has 0 radical (unpaired) electrons. The van der Waals surface area contributed by atoms with Gasteiger partial charge in [0, 0.05) is 5.69 Å². The number of fused-ring (bicyclic) bond motifs is 1. The third-order valence-corrected chi connectivity index (χ3v) is 3.07. The van der Waals surface area contributed by atoms with Crippen LogP contribution in [0.4, 0.5) is 15.8 Å². The Kier molecular flexibility index (Phi) is 3.35. The van der Waals surface area contributed by atoms with Gasteiger partial charge in [0.25, 0.3) is 5.91 Å². The van der Waals surface area contributed by atoms with E-state index < -0.39 is 17.8 Å². The second-order valence-corrected chi connectivity index (χ2v) is 4.59. The molecule has 5 nitrogen and oxygen atoms in total. The summed E-state index contributed by atoms with van der Waals surface area (Å²) < 4.78 is 24.4. The number of hydrogen-bond donors (Lipinski definition) is 2. The van der Waals surface area contributed by atoms with Gasteiger partial charge in [-0.05, 0) is 30.3 Å². The molecule has 0 fully saturated rings. The molecule has 1 unspecified atom stereocenters. The van der Waals surface area contributed by atoms with Crippen molar-refractivity contribution in [2.45, 2.75) is 6.10 Å². The lowest BCUT2D eigenvalue weighted by atomic mass is 10.2. The van der Waals surface area contributed by atoms with Crippen molar-refractivity contribution in [2.75, 3.05) is 17.7 Å². The fraction of sp³-hybridized carbons (Fsp3) is 0.133. The summed E-state index contributed by atoms with van der Waals surface area (Å²) >= 11 is 0. The van der Waals surface area contributed by atoms with E-state index in [0.717, 1.165) is 6.07 Å². The Labute approximate surface area is 120 Å². The number of ether oxygens (including phenoxy) is 2. The standard InChI is InChI=1S/C15H13FN2O3/c16-10-7-9(5-6-11(10)17)18-15(19)14-8-20-12-3-1-2-4-13(12)21-14/h1-7,14H,8,17H2,(H,18,19). The van der Waals surface area contributed by atoms with Gasteiger partial charge in [0.1, 0.15) is 12.4 Å². The van der Waals surface area contributed by atoms with Gasteiger partial charge < -0.3 is 20.5 Å². The molecule has 2 aromatic rings. The number of rotatable bonds is 2. The number of anilines is 2. The molecular weight excluding hydrogens is 275 g/mol. The first-order chi connectivity index (χ1) is 10.1. The molecule has 6 heteroatoms. The second kappa shape index (κ2) is 5.32. The number of hydrogen-bond acceptors (Lipinski definition) is 4. The lowest BCUT2D eigenvalue weighted by Crippen LogP contribution is -2.40. The molecule has 1 amide bonds. The van der Waals surface area contributed by atoms with Crippen LogP contribution in [0.1, 0.15) is 0 Å². The van der Waals surface area contributed by atoms with E-state index in [4.69, 9.17) is 15.2 Å². The van der Waals surface area contributed by atoms with Crippen molar-refractivity contribution in [1.82, 2.24) is 0 Å². The highest BCUT2D eigenvalue weighted by Crippen LogP contribution is 2.31. The third-order valence-electron chi connectivity index (χ3n) is 3.07. The first kappa shape index (κ1) is 13.2. The van der Waals surface area contributed by atoms with E-state index in [1.54, 1.807) is 18.2 Å². The summed E-state index contributed by atoms with van der Waals surface area (Å²) in [5.74, 6) is 0.111. The molecule has 3 N–H and O–H groups in total. The first-order valence-corrected chi connectivity index (χ1v) is 6.38. The summed E-state index contributed by atoms with van der Waals surface area (Å²) in [4.78, 5) is 12.1. The number of nitrogens with one attached hydrogen (secondary N) is 1. The van der Waals surface area contributed by atoms with Crippen LogP contribution < -0.4 is 20.5 Å². The summed E-state index contributed by atoms with van der Waals surface area (Å²) in [7, 11) is 0. The molecule has 0 aliphatic carbocycles. The van der Waals surface area contributed by atoms with Crippen molar-refractivity contribution in [2.24, 2.45) is 0 Å². The molecule has 1 heterocycles. The molecule has 1 atom stereocenters. The Bertz CT molecular complexity index is 690. The molecule has 2 aromatic carbocycles. The minimum absolute atomic E-state index is 0.0270. The van der Waals surface area contributed by atoms with Gasteiger partial charge in [0.15, 0.2) is 11.5 Å². The van der Waals surface area contributed by atoms with E-state index in [1.807, 2.05) is 6.07 Å².